The van der Waals surface area contributed by atoms with Crippen molar-refractivity contribution < 1.29 is 14.7 Å². The molecule has 0 aliphatic rings. The van der Waals surface area contributed by atoms with Gasteiger partial charge in [-0.2, -0.15) is 0 Å². The standard InChI is InChI=1S/C36H41N3O3/c1-24-13-17-29(18-14-24)26(3)37-23-34(40)33(21-28-9-6-5-7-10-28)39-36(42)32-12-8-11-31(22-32)35(41)38-27(4)30-19-15-25(2)16-20-30/h5-20,22,26-27,33-34,37,40H,21,23H2,1-4H3,(H,38,41)(H,39,42)/t26-,27-,33+,34-/m1/s1. The zero-order chi connectivity index (χ0) is 30.1. The van der Waals surface area contributed by atoms with E-state index in [4.69, 9.17) is 0 Å². The number of carbonyl (C=O) groups is 2. The summed E-state index contributed by atoms with van der Waals surface area (Å²) in [6.07, 6.45) is -0.383. The molecule has 0 saturated carbocycles. The first kappa shape index (κ1) is 30.7. The van der Waals surface area contributed by atoms with Gasteiger partial charge in [-0.25, -0.2) is 0 Å². The monoisotopic (exact) mass is 563 g/mol. The van der Waals surface area contributed by atoms with Crippen molar-refractivity contribution in [1.82, 2.24) is 16.0 Å². The lowest BCUT2D eigenvalue weighted by Gasteiger charge is -2.26. The second-order valence-electron chi connectivity index (χ2n) is 11.1. The Morgan fingerprint density at radius 3 is 1.76 bits per heavy atom. The van der Waals surface area contributed by atoms with Crippen LogP contribution < -0.4 is 16.0 Å². The number of aryl methyl sites for hydroxylation is 2. The van der Waals surface area contributed by atoms with Crippen LogP contribution in [-0.4, -0.2) is 35.6 Å². The van der Waals surface area contributed by atoms with Crippen LogP contribution in [0.2, 0.25) is 0 Å². The molecule has 0 radical (unpaired) electrons. The average molecular weight is 564 g/mol. The Hall–Kier alpha value is -4.26. The lowest BCUT2D eigenvalue weighted by Crippen LogP contribution is -2.49. The topological polar surface area (TPSA) is 90.5 Å². The first-order valence-electron chi connectivity index (χ1n) is 14.5. The predicted molar refractivity (Wildman–Crippen MR) is 169 cm³/mol. The van der Waals surface area contributed by atoms with Crippen LogP contribution in [-0.2, 0) is 6.42 Å². The molecule has 4 N–H and O–H groups in total. The molecule has 0 unspecified atom stereocenters. The minimum Gasteiger partial charge on any atom is -0.390 e. The molecule has 0 fully saturated rings. The molecular formula is C36H41N3O3. The van der Waals surface area contributed by atoms with E-state index in [0.29, 0.717) is 24.1 Å². The summed E-state index contributed by atoms with van der Waals surface area (Å²) in [4.78, 5) is 26.5. The first-order chi connectivity index (χ1) is 20.2. The van der Waals surface area contributed by atoms with Gasteiger partial charge in [0.05, 0.1) is 18.2 Å². The molecule has 0 saturated heterocycles. The highest BCUT2D eigenvalue weighted by Crippen LogP contribution is 2.16. The number of aliphatic hydroxyl groups is 1. The Bertz CT molecular complexity index is 1450. The summed E-state index contributed by atoms with van der Waals surface area (Å²) in [7, 11) is 0. The van der Waals surface area contributed by atoms with Gasteiger partial charge in [-0.1, -0.05) is 96.1 Å². The van der Waals surface area contributed by atoms with Crippen molar-refractivity contribution in [3.63, 3.8) is 0 Å². The van der Waals surface area contributed by atoms with Gasteiger partial charge in [-0.05, 0) is 69.0 Å². The Balaban J connectivity index is 1.43. The summed E-state index contributed by atoms with van der Waals surface area (Å²) >= 11 is 0. The molecular weight excluding hydrogens is 522 g/mol. The minimum atomic E-state index is -0.844. The highest BCUT2D eigenvalue weighted by atomic mass is 16.3. The predicted octanol–water partition coefficient (Wildman–Crippen LogP) is 5.85. The van der Waals surface area contributed by atoms with E-state index in [2.05, 4.69) is 54.1 Å². The number of carbonyl (C=O) groups excluding carboxylic acids is 2. The highest BCUT2D eigenvalue weighted by Gasteiger charge is 2.24. The molecule has 218 valence electrons. The molecule has 4 aromatic rings. The zero-order valence-electron chi connectivity index (χ0n) is 24.8. The lowest BCUT2D eigenvalue weighted by atomic mass is 9.99. The number of benzene rings is 4. The summed E-state index contributed by atoms with van der Waals surface area (Å²) in [5, 5.41) is 20.7. The number of amides is 2. The van der Waals surface area contributed by atoms with Gasteiger partial charge in [0.1, 0.15) is 0 Å². The van der Waals surface area contributed by atoms with E-state index in [0.717, 1.165) is 22.3 Å². The third-order valence-corrected chi connectivity index (χ3v) is 7.60. The maximum atomic E-state index is 13.4. The maximum absolute atomic E-state index is 13.4. The second-order valence-corrected chi connectivity index (χ2v) is 11.1. The lowest BCUT2D eigenvalue weighted by molar-refractivity contribution is 0.0825. The number of aliphatic hydroxyl groups excluding tert-OH is 1. The molecule has 0 heterocycles. The van der Waals surface area contributed by atoms with Gasteiger partial charge >= 0.3 is 0 Å². The van der Waals surface area contributed by atoms with Crippen molar-refractivity contribution in [2.24, 2.45) is 0 Å². The third-order valence-electron chi connectivity index (χ3n) is 7.60. The Labute approximate surface area is 249 Å². The molecule has 2 amide bonds. The molecule has 0 bridgehead atoms. The van der Waals surface area contributed by atoms with Crippen molar-refractivity contribution in [3.8, 4) is 0 Å². The molecule has 0 aliphatic heterocycles. The highest BCUT2D eigenvalue weighted by molar-refractivity contribution is 5.99. The molecule has 6 nitrogen and oxygen atoms in total. The van der Waals surface area contributed by atoms with Crippen LogP contribution in [0, 0.1) is 13.8 Å². The van der Waals surface area contributed by atoms with Crippen LogP contribution in [0.25, 0.3) is 0 Å². The summed E-state index contributed by atoms with van der Waals surface area (Å²) in [6.45, 7) is 8.36. The average Bonchev–Trinajstić information content (AvgIpc) is 3.00. The van der Waals surface area contributed by atoms with Crippen LogP contribution in [0.3, 0.4) is 0 Å². The van der Waals surface area contributed by atoms with Gasteiger partial charge < -0.3 is 21.1 Å². The molecule has 42 heavy (non-hydrogen) atoms. The van der Waals surface area contributed by atoms with E-state index in [-0.39, 0.29) is 23.9 Å². The zero-order valence-corrected chi connectivity index (χ0v) is 24.8. The Morgan fingerprint density at radius 2 is 1.19 bits per heavy atom. The fourth-order valence-electron chi connectivity index (χ4n) is 4.84. The van der Waals surface area contributed by atoms with Gasteiger partial charge in [0.2, 0.25) is 0 Å². The molecule has 0 spiro atoms. The largest absolute Gasteiger partial charge is 0.390 e. The fourth-order valence-corrected chi connectivity index (χ4v) is 4.84. The van der Waals surface area contributed by atoms with Crippen LogP contribution in [0.4, 0.5) is 0 Å². The van der Waals surface area contributed by atoms with Crippen molar-refractivity contribution >= 4 is 11.8 Å². The van der Waals surface area contributed by atoms with E-state index in [1.807, 2.05) is 68.4 Å². The number of hydrogen-bond donors (Lipinski definition) is 4. The van der Waals surface area contributed by atoms with Crippen molar-refractivity contribution in [2.45, 2.75) is 58.3 Å². The summed E-state index contributed by atoms with van der Waals surface area (Å²) in [6, 6.07) is 32.1. The third kappa shape index (κ3) is 8.62. The molecule has 4 aromatic carbocycles. The SMILES string of the molecule is Cc1ccc([C@@H](C)NC[C@@H](O)[C@H](Cc2ccccc2)NC(=O)c2cccc(C(=O)N[C@H](C)c3ccc(C)cc3)c2)cc1. The van der Waals surface area contributed by atoms with Crippen molar-refractivity contribution in [3.05, 3.63) is 142 Å². The van der Waals surface area contributed by atoms with Gasteiger partial charge in [-0.3, -0.25) is 9.59 Å². The fraction of sp³-hybridized carbons (Fsp3) is 0.278. The Kier molecular flexibility index (Phi) is 10.7. The van der Waals surface area contributed by atoms with Crippen LogP contribution in [0.5, 0.6) is 0 Å². The number of nitrogens with one attached hydrogen (secondary N) is 3. The van der Waals surface area contributed by atoms with E-state index >= 15 is 0 Å². The van der Waals surface area contributed by atoms with Crippen LogP contribution >= 0.6 is 0 Å². The van der Waals surface area contributed by atoms with Gasteiger partial charge in [0, 0.05) is 23.7 Å². The number of hydrogen-bond acceptors (Lipinski definition) is 4. The number of rotatable bonds is 12. The van der Waals surface area contributed by atoms with E-state index in [1.54, 1.807) is 24.3 Å². The first-order valence-corrected chi connectivity index (χ1v) is 14.5. The van der Waals surface area contributed by atoms with Gasteiger partial charge in [-0.15, -0.1) is 0 Å². The quantitative estimate of drug-likeness (QED) is 0.174. The molecule has 4 rings (SSSR count). The Morgan fingerprint density at radius 1 is 0.667 bits per heavy atom. The van der Waals surface area contributed by atoms with E-state index < -0.39 is 12.1 Å². The van der Waals surface area contributed by atoms with E-state index in [1.165, 1.54) is 5.56 Å². The van der Waals surface area contributed by atoms with Crippen molar-refractivity contribution in [2.75, 3.05) is 6.54 Å². The molecule has 0 aliphatic carbocycles. The van der Waals surface area contributed by atoms with E-state index in [9.17, 15) is 14.7 Å². The normalized spacial score (nSPS) is 13.9. The molecule has 4 atom stereocenters. The van der Waals surface area contributed by atoms with Gasteiger partial charge in [0.15, 0.2) is 0 Å². The molecule has 0 aromatic heterocycles. The van der Waals surface area contributed by atoms with Crippen molar-refractivity contribution in [1.29, 1.82) is 0 Å². The van der Waals surface area contributed by atoms with Gasteiger partial charge in [0.25, 0.3) is 11.8 Å². The smallest absolute Gasteiger partial charge is 0.251 e. The summed E-state index contributed by atoms with van der Waals surface area (Å²) in [5.74, 6) is -0.601. The van der Waals surface area contributed by atoms with Crippen LogP contribution in [0.1, 0.15) is 74.5 Å². The molecule has 6 heteroatoms. The summed E-state index contributed by atoms with van der Waals surface area (Å²) in [5.41, 5.74) is 6.25. The van der Waals surface area contributed by atoms with Crippen LogP contribution in [0.15, 0.2) is 103 Å². The second kappa shape index (κ2) is 14.6. The minimum absolute atomic E-state index is 0.0332. The summed E-state index contributed by atoms with van der Waals surface area (Å²) < 4.78 is 0. The maximum Gasteiger partial charge on any atom is 0.251 e.